The van der Waals surface area contributed by atoms with Crippen LogP contribution in [0.25, 0.3) is 5.57 Å². The molecule has 1 aromatic carbocycles. The Morgan fingerprint density at radius 3 is 2.62 bits per heavy atom. The summed E-state index contributed by atoms with van der Waals surface area (Å²) < 4.78 is 0. The molecule has 0 nitrogen and oxygen atoms in total. The van der Waals surface area contributed by atoms with Crippen molar-refractivity contribution in [1.29, 1.82) is 0 Å². The molecule has 1 rings (SSSR count). The van der Waals surface area contributed by atoms with E-state index in [4.69, 9.17) is 0 Å². The Balaban J connectivity index is 3.12. The zero-order valence-electron chi connectivity index (χ0n) is 7.96. The molecule has 0 saturated carbocycles. The van der Waals surface area contributed by atoms with Gasteiger partial charge in [-0.05, 0) is 18.1 Å². The molecule has 0 aromatic heterocycles. The van der Waals surface area contributed by atoms with Crippen LogP contribution in [0.1, 0.15) is 11.1 Å². The lowest BCUT2D eigenvalue weighted by Gasteiger charge is -2.02. The van der Waals surface area contributed by atoms with Gasteiger partial charge in [-0.1, -0.05) is 61.2 Å². The summed E-state index contributed by atoms with van der Waals surface area (Å²) in [6.45, 7) is 9.52. The van der Waals surface area contributed by atoms with E-state index in [1.54, 1.807) is 6.08 Å². The van der Waals surface area contributed by atoms with Crippen molar-refractivity contribution in [1.82, 2.24) is 0 Å². The average molecular weight is 170 g/mol. The molecule has 0 heterocycles. The molecule has 0 aliphatic heterocycles. The minimum Gasteiger partial charge on any atom is -0.0990 e. The molecule has 0 heteroatoms. The molecule has 1 aromatic rings. The standard InChI is InChI=1S/C13H14/c1-4-7-12(5-2)13-9-6-8-11(3)10-13/h4-10H,1-2H2,3H3. The maximum absolute atomic E-state index is 3.77. The van der Waals surface area contributed by atoms with Gasteiger partial charge in [-0.25, -0.2) is 0 Å². The molecule has 0 bridgehead atoms. The predicted octanol–water partition coefficient (Wildman–Crippen LogP) is 3.75. The van der Waals surface area contributed by atoms with Crippen LogP contribution in [0.15, 0.2) is 55.7 Å². The van der Waals surface area contributed by atoms with Crippen molar-refractivity contribution in [2.75, 3.05) is 0 Å². The summed E-state index contributed by atoms with van der Waals surface area (Å²) in [7, 11) is 0. The summed E-state index contributed by atoms with van der Waals surface area (Å²) in [5.74, 6) is 0. The van der Waals surface area contributed by atoms with Gasteiger partial charge in [0.1, 0.15) is 0 Å². The fraction of sp³-hybridized carbons (Fsp3) is 0.0769. The lowest BCUT2D eigenvalue weighted by atomic mass is 10.0. The molecule has 0 aliphatic rings. The lowest BCUT2D eigenvalue weighted by Crippen LogP contribution is -1.81. The highest BCUT2D eigenvalue weighted by molar-refractivity contribution is 5.74. The lowest BCUT2D eigenvalue weighted by molar-refractivity contribution is 1.45. The largest absolute Gasteiger partial charge is 0.0990 e. The SMILES string of the molecule is C=CC=C(C=C)c1cccc(C)c1. The first kappa shape index (κ1) is 9.53. The van der Waals surface area contributed by atoms with Gasteiger partial charge in [0, 0.05) is 0 Å². The van der Waals surface area contributed by atoms with Gasteiger partial charge in [-0.3, -0.25) is 0 Å². The molecule has 13 heavy (non-hydrogen) atoms. The Labute approximate surface area is 79.9 Å². The Morgan fingerprint density at radius 1 is 1.31 bits per heavy atom. The number of hydrogen-bond acceptors (Lipinski definition) is 0. The highest BCUT2D eigenvalue weighted by Crippen LogP contribution is 2.16. The van der Waals surface area contributed by atoms with Gasteiger partial charge in [0.25, 0.3) is 0 Å². The molecule has 0 aliphatic carbocycles. The first-order valence-corrected chi connectivity index (χ1v) is 4.30. The zero-order valence-corrected chi connectivity index (χ0v) is 7.96. The third-order valence-corrected chi connectivity index (χ3v) is 1.87. The second-order valence-corrected chi connectivity index (χ2v) is 2.93. The van der Waals surface area contributed by atoms with E-state index in [1.807, 2.05) is 18.2 Å². The quantitative estimate of drug-likeness (QED) is 0.606. The van der Waals surface area contributed by atoms with Gasteiger partial charge in [-0.15, -0.1) is 0 Å². The number of allylic oxidation sites excluding steroid dienone is 4. The van der Waals surface area contributed by atoms with E-state index < -0.39 is 0 Å². The van der Waals surface area contributed by atoms with Gasteiger partial charge in [0.2, 0.25) is 0 Å². The zero-order chi connectivity index (χ0) is 9.68. The monoisotopic (exact) mass is 170 g/mol. The van der Waals surface area contributed by atoms with E-state index in [0.29, 0.717) is 0 Å². The second kappa shape index (κ2) is 4.46. The highest BCUT2D eigenvalue weighted by Gasteiger charge is 1.95. The minimum absolute atomic E-state index is 1.11. The number of hydrogen-bond donors (Lipinski definition) is 0. The van der Waals surface area contributed by atoms with Crippen LogP contribution >= 0.6 is 0 Å². The Hall–Kier alpha value is -1.56. The van der Waals surface area contributed by atoms with Crippen molar-refractivity contribution in [3.05, 3.63) is 66.8 Å². The normalized spacial score (nSPS) is 11.0. The smallest absolute Gasteiger partial charge is 0.0182 e. The minimum atomic E-state index is 1.11. The van der Waals surface area contributed by atoms with Crippen LogP contribution in [0.4, 0.5) is 0 Å². The van der Waals surface area contributed by atoms with Crippen molar-refractivity contribution in [2.45, 2.75) is 6.92 Å². The van der Waals surface area contributed by atoms with Crippen LogP contribution in [-0.2, 0) is 0 Å². The average Bonchev–Trinajstić information content (AvgIpc) is 2.14. The Morgan fingerprint density at radius 2 is 2.08 bits per heavy atom. The number of aryl methyl sites for hydroxylation is 1. The molecule has 0 atom stereocenters. The predicted molar refractivity (Wildman–Crippen MR) is 59.6 cm³/mol. The van der Waals surface area contributed by atoms with Crippen molar-refractivity contribution >= 4 is 5.57 Å². The molecular weight excluding hydrogens is 156 g/mol. The summed E-state index contributed by atoms with van der Waals surface area (Å²) in [6, 6.07) is 8.34. The first-order chi connectivity index (χ1) is 6.27. The highest BCUT2D eigenvalue weighted by atomic mass is 14.0. The van der Waals surface area contributed by atoms with Crippen molar-refractivity contribution in [3.8, 4) is 0 Å². The molecule has 0 N–H and O–H groups in total. The van der Waals surface area contributed by atoms with Crippen LogP contribution < -0.4 is 0 Å². The third kappa shape index (κ3) is 2.45. The molecule has 0 radical (unpaired) electrons. The molecular formula is C13H14. The van der Waals surface area contributed by atoms with Crippen LogP contribution in [0, 0.1) is 6.92 Å². The van der Waals surface area contributed by atoms with E-state index in [2.05, 4.69) is 38.3 Å². The first-order valence-electron chi connectivity index (χ1n) is 4.30. The summed E-state index contributed by atoms with van der Waals surface area (Å²) in [5.41, 5.74) is 3.56. The Bertz CT molecular complexity index is 343. The topological polar surface area (TPSA) is 0 Å². The summed E-state index contributed by atoms with van der Waals surface area (Å²) >= 11 is 0. The van der Waals surface area contributed by atoms with Crippen molar-refractivity contribution in [2.24, 2.45) is 0 Å². The molecule has 0 spiro atoms. The van der Waals surface area contributed by atoms with Crippen molar-refractivity contribution in [3.63, 3.8) is 0 Å². The number of benzene rings is 1. The fourth-order valence-corrected chi connectivity index (χ4v) is 1.23. The van der Waals surface area contributed by atoms with Crippen LogP contribution in [0.5, 0.6) is 0 Å². The van der Waals surface area contributed by atoms with Crippen LogP contribution in [0.2, 0.25) is 0 Å². The van der Waals surface area contributed by atoms with Crippen molar-refractivity contribution < 1.29 is 0 Å². The van der Waals surface area contributed by atoms with Crippen LogP contribution in [-0.4, -0.2) is 0 Å². The summed E-state index contributed by atoms with van der Waals surface area (Å²) in [4.78, 5) is 0. The van der Waals surface area contributed by atoms with Gasteiger partial charge in [-0.2, -0.15) is 0 Å². The third-order valence-electron chi connectivity index (χ3n) is 1.87. The molecule has 0 fully saturated rings. The van der Waals surface area contributed by atoms with Gasteiger partial charge in [0.15, 0.2) is 0 Å². The van der Waals surface area contributed by atoms with Crippen LogP contribution in [0.3, 0.4) is 0 Å². The summed E-state index contributed by atoms with van der Waals surface area (Å²) in [6.07, 6.45) is 5.58. The maximum Gasteiger partial charge on any atom is -0.0182 e. The van der Waals surface area contributed by atoms with E-state index in [-0.39, 0.29) is 0 Å². The number of rotatable bonds is 3. The van der Waals surface area contributed by atoms with E-state index in [0.717, 1.165) is 5.57 Å². The molecule has 0 saturated heterocycles. The fourth-order valence-electron chi connectivity index (χ4n) is 1.23. The van der Waals surface area contributed by atoms with E-state index >= 15 is 0 Å². The van der Waals surface area contributed by atoms with Gasteiger partial charge in [0.05, 0.1) is 0 Å². The molecule has 0 amide bonds. The molecule has 66 valence electrons. The maximum atomic E-state index is 3.77. The van der Waals surface area contributed by atoms with E-state index in [1.165, 1.54) is 11.1 Å². The van der Waals surface area contributed by atoms with E-state index in [9.17, 15) is 0 Å². The second-order valence-electron chi connectivity index (χ2n) is 2.93. The molecule has 0 unspecified atom stereocenters. The van der Waals surface area contributed by atoms with Gasteiger partial charge >= 0.3 is 0 Å². The van der Waals surface area contributed by atoms with Gasteiger partial charge < -0.3 is 0 Å². The summed E-state index contributed by atoms with van der Waals surface area (Å²) in [5, 5.41) is 0. The Kier molecular flexibility index (Phi) is 3.27.